The van der Waals surface area contributed by atoms with E-state index < -0.39 is 0 Å². The van der Waals surface area contributed by atoms with Gasteiger partial charge in [-0.2, -0.15) is 0 Å². The van der Waals surface area contributed by atoms with Gasteiger partial charge in [0.2, 0.25) is 0 Å². The van der Waals surface area contributed by atoms with E-state index in [0.717, 1.165) is 16.9 Å². The summed E-state index contributed by atoms with van der Waals surface area (Å²) in [5.74, 6) is 0.499. The summed E-state index contributed by atoms with van der Waals surface area (Å²) in [6.45, 7) is 0. The minimum absolute atomic E-state index is 0.144. The molecule has 0 radical (unpaired) electrons. The predicted molar refractivity (Wildman–Crippen MR) is 77.7 cm³/mol. The van der Waals surface area contributed by atoms with Gasteiger partial charge in [0.1, 0.15) is 11.3 Å². The van der Waals surface area contributed by atoms with Crippen molar-refractivity contribution >= 4 is 11.0 Å². The number of fused-ring (bicyclic) bond motifs is 1. The molecule has 0 aliphatic carbocycles. The van der Waals surface area contributed by atoms with Crippen LogP contribution in [0.2, 0.25) is 0 Å². The summed E-state index contributed by atoms with van der Waals surface area (Å²) in [6, 6.07) is 14.7. The predicted octanol–water partition coefficient (Wildman–Crippen LogP) is 2.95. The molecule has 4 heteroatoms. The van der Waals surface area contributed by atoms with Gasteiger partial charge < -0.3 is 10.3 Å². The zero-order valence-corrected chi connectivity index (χ0v) is 11.3. The molecule has 102 valence electrons. The number of nitrogens with two attached hydrogens (primary N) is 1. The Morgan fingerprint density at radius 2 is 1.90 bits per heavy atom. The van der Waals surface area contributed by atoms with E-state index >= 15 is 0 Å². The summed E-state index contributed by atoms with van der Waals surface area (Å²) in [6.07, 6.45) is 0.578. The first-order valence-corrected chi connectivity index (χ1v) is 6.57. The maximum absolute atomic E-state index is 13.7. The highest BCUT2D eigenvalue weighted by atomic mass is 19.1. The van der Waals surface area contributed by atoms with E-state index in [1.54, 1.807) is 6.07 Å². The zero-order chi connectivity index (χ0) is 14.1. The lowest BCUT2D eigenvalue weighted by Crippen LogP contribution is -2.15. The van der Waals surface area contributed by atoms with E-state index in [1.165, 1.54) is 6.07 Å². The van der Waals surface area contributed by atoms with Crippen LogP contribution >= 0.6 is 0 Å². The molecule has 2 N–H and O–H groups in total. The maximum Gasteiger partial charge on any atom is 0.151 e. The summed E-state index contributed by atoms with van der Waals surface area (Å²) in [5, 5.41) is 0. The van der Waals surface area contributed by atoms with Crippen LogP contribution in [0.25, 0.3) is 11.0 Å². The van der Waals surface area contributed by atoms with Gasteiger partial charge in [-0.1, -0.05) is 36.4 Å². The number of nitrogens with zero attached hydrogens (tertiary/aromatic N) is 2. The minimum atomic E-state index is -0.294. The molecule has 0 bridgehead atoms. The molecule has 0 aliphatic heterocycles. The van der Waals surface area contributed by atoms with Gasteiger partial charge >= 0.3 is 0 Å². The average molecular weight is 269 g/mol. The van der Waals surface area contributed by atoms with Crippen molar-refractivity contribution in [1.29, 1.82) is 0 Å². The SMILES string of the molecule is Cn1c(CC(N)c2ccccc2)nc2c(F)cccc21. The normalized spacial score (nSPS) is 12.8. The second-order valence-corrected chi connectivity index (χ2v) is 4.92. The molecule has 1 aromatic heterocycles. The molecule has 3 rings (SSSR count). The van der Waals surface area contributed by atoms with Gasteiger partial charge in [0.05, 0.1) is 5.52 Å². The number of hydrogen-bond acceptors (Lipinski definition) is 2. The Kier molecular flexibility index (Phi) is 3.24. The third kappa shape index (κ3) is 2.18. The molecule has 1 atom stereocenters. The van der Waals surface area contributed by atoms with Gasteiger partial charge in [0.25, 0.3) is 0 Å². The standard InChI is InChI=1S/C16H16FN3/c1-20-14-9-5-8-12(17)16(14)19-15(20)10-13(18)11-6-3-2-4-7-11/h2-9,13H,10,18H2,1H3. The summed E-state index contributed by atoms with van der Waals surface area (Å²) in [4.78, 5) is 4.39. The topological polar surface area (TPSA) is 43.8 Å². The monoisotopic (exact) mass is 269 g/mol. The highest BCUT2D eigenvalue weighted by molar-refractivity contribution is 5.76. The number of benzene rings is 2. The van der Waals surface area contributed by atoms with Crippen LogP contribution in [-0.4, -0.2) is 9.55 Å². The van der Waals surface area contributed by atoms with Crippen molar-refractivity contribution in [1.82, 2.24) is 9.55 Å². The van der Waals surface area contributed by atoms with E-state index in [0.29, 0.717) is 11.9 Å². The number of aromatic nitrogens is 2. The van der Waals surface area contributed by atoms with E-state index in [1.807, 2.05) is 48.0 Å². The minimum Gasteiger partial charge on any atom is -0.331 e. The molecule has 3 aromatic rings. The Labute approximate surface area is 116 Å². The van der Waals surface area contributed by atoms with Gasteiger partial charge in [-0.3, -0.25) is 0 Å². The first-order chi connectivity index (χ1) is 9.66. The van der Waals surface area contributed by atoms with Crippen molar-refractivity contribution in [2.75, 3.05) is 0 Å². The lowest BCUT2D eigenvalue weighted by molar-refractivity contribution is 0.635. The second kappa shape index (κ2) is 5.06. The Hall–Kier alpha value is -2.20. The summed E-state index contributed by atoms with van der Waals surface area (Å²) in [7, 11) is 1.89. The van der Waals surface area contributed by atoms with E-state index in [9.17, 15) is 4.39 Å². The highest BCUT2D eigenvalue weighted by Crippen LogP contribution is 2.21. The molecule has 0 aliphatic rings. The van der Waals surface area contributed by atoms with Crippen molar-refractivity contribution in [2.24, 2.45) is 12.8 Å². The van der Waals surface area contributed by atoms with Crippen molar-refractivity contribution in [2.45, 2.75) is 12.5 Å². The van der Waals surface area contributed by atoms with Gasteiger partial charge in [0.15, 0.2) is 5.82 Å². The number of aryl methyl sites for hydroxylation is 1. The smallest absolute Gasteiger partial charge is 0.151 e. The second-order valence-electron chi connectivity index (χ2n) is 4.92. The van der Waals surface area contributed by atoms with E-state index in [2.05, 4.69) is 4.98 Å². The molecular weight excluding hydrogens is 253 g/mol. The van der Waals surface area contributed by atoms with Gasteiger partial charge in [-0.25, -0.2) is 9.37 Å². The van der Waals surface area contributed by atoms with Crippen LogP contribution in [0, 0.1) is 5.82 Å². The van der Waals surface area contributed by atoms with Crippen LogP contribution in [-0.2, 0) is 13.5 Å². The lowest BCUT2D eigenvalue weighted by Gasteiger charge is -2.11. The fourth-order valence-corrected chi connectivity index (χ4v) is 2.43. The lowest BCUT2D eigenvalue weighted by atomic mass is 10.0. The van der Waals surface area contributed by atoms with Crippen LogP contribution in [0.15, 0.2) is 48.5 Å². The molecule has 2 aromatic carbocycles. The molecule has 0 fully saturated rings. The zero-order valence-electron chi connectivity index (χ0n) is 11.3. The van der Waals surface area contributed by atoms with E-state index in [4.69, 9.17) is 5.73 Å². The van der Waals surface area contributed by atoms with Crippen molar-refractivity contribution in [3.05, 3.63) is 65.7 Å². The van der Waals surface area contributed by atoms with Crippen LogP contribution in [0.4, 0.5) is 4.39 Å². The molecule has 3 nitrogen and oxygen atoms in total. The highest BCUT2D eigenvalue weighted by Gasteiger charge is 2.14. The fraction of sp³-hybridized carbons (Fsp3) is 0.188. The largest absolute Gasteiger partial charge is 0.331 e. The number of hydrogen-bond donors (Lipinski definition) is 1. The first-order valence-electron chi connectivity index (χ1n) is 6.57. The average Bonchev–Trinajstić information content (AvgIpc) is 2.79. The summed E-state index contributed by atoms with van der Waals surface area (Å²) in [5.41, 5.74) is 8.46. The summed E-state index contributed by atoms with van der Waals surface area (Å²) >= 11 is 0. The van der Waals surface area contributed by atoms with Crippen LogP contribution in [0.5, 0.6) is 0 Å². The van der Waals surface area contributed by atoms with Gasteiger partial charge in [0, 0.05) is 19.5 Å². The Morgan fingerprint density at radius 3 is 2.60 bits per heavy atom. The van der Waals surface area contributed by atoms with Crippen LogP contribution in [0.1, 0.15) is 17.4 Å². The fourth-order valence-electron chi connectivity index (χ4n) is 2.43. The van der Waals surface area contributed by atoms with Gasteiger partial charge in [-0.05, 0) is 17.7 Å². The molecule has 20 heavy (non-hydrogen) atoms. The van der Waals surface area contributed by atoms with Crippen molar-refractivity contribution in [3.63, 3.8) is 0 Å². The molecule has 0 amide bonds. The first kappa shape index (κ1) is 12.8. The van der Waals surface area contributed by atoms with Crippen molar-refractivity contribution < 1.29 is 4.39 Å². The summed E-state index contributed by atoms with van der Waals surface area (Å²) < 4.78 is 15.6. The van der Waals surface area contributed by atoms with Crippen LogP contribution < -0.4 is 5.73 Å². The number of halogens is 1. The van der Waals surface area contributed by atoms with Crippen LogP contribution in [0.3, 0.4) is 0 Å². The quantitative estimate of drug-likeness (QED) is 0.794. The Balaban J connectivity index is 1.95. The van der Waals surface area contributed by atoms with Gasteiger partial charge in [-0.15, -0.1) is 0 Å². The number of para-hydroxylation sites is 1. The third-order valence-corrected chi connectivity index (χ3v) is 3.59. The Morgan fingerprint density at radius 1 is 1.15 bits per heavy atom. The number of rotatable bonds is 3. The molecule has 0 spiro atoms. The molecule has 0 saturated carbocycles. The molecule has 1 heterocycles. The van der Waals surface area contributed by atoms with Crippen molar-refractivity contribution in [3.8, 4) is 0 Å². The maximum atomic E-state index is 13.7. The Bertz CT molecular complexity index is 734. The molecule has 0 saturated heterocycles. The molecular formula is C16H16FN3. The number of imidazole rings is 1. The van der Waals surface area contributed by atoms with E-state index in [-0.39, 0.29) is 11.9 Å². The third-order valence-electron chi connectivity index (χ3n) is 3.59. The molecule has 1 unspecified atom stereocenters.